The summed E-state index contributed by atoms with van der Waals surface area (Å²) in [6.07, 6.45) is 1.37. The molecule has 96 valence electrons. The second kappa shape index (κ2) is 6.92. The van der Waals surface area contributed by atoms with E-state index in [1.54, 1.807) is 13.8 Å². The summed E-state index contributed by atoms with van der Waals surface area (Å²) in [4.78, 5) is 11.8. The Morgan fingerprint density at radius 2 is 2.12 bits per heavy atom. The van der Waals surface area contributed by atoms with E-state index in [1.165, 1.54) is 0 Å². The molecule has 0 saturated heterocycles. The molecule has 0 aliphatic carbocycles. The van der Waals surface area contributed by atoms with Crippen molar-refractivity contribution in [3.05, 3.63) is 22.6 Å². The lowest BCUT2D eigenvalue weighted by molar-refractivity contribution is 0.0523. The SMILES string of the molecule is CCOC(=O)c1c(CCCCl)oc(C)c1CCl. The highest BCUT2D eigenvalue weighted by Gasteiger charge is 2.23. The Kier molecular flexibility index (Phi) is 5.86. The van der Waals surface area contributed by atoms with Gasteiger partial charge in [-0.1, -0.05) is 0 Å². The molecule has 5 heteroatoms. The van der Waals surface area contributed by atoms with Crippen molar-refractivity contribution >= 4 is 29.2 Å². The molecular weight excluding hydrogens is 263 g/mol. The Labute approximate surface area is 111 Å². The number of hydrogen-bond donors (Lipinski definition) is 0. The van der Waals surface area contributed by atoms with Crippen LogP contribution in [-0.2, 0) is 17.0 Å². The minimum atomic E-state index is -0.371. The van der Waals surface area contributed by atoms with Crippen molar-refractivity contribution in [2.24, 2.45) is 0 Å². The zero-order chi connectivity index (χ0) is 12.8. The van der Waals surface area contributed by atoms with Crippen molar-refractivity contribution < 1.29 is 13.9 Å². The zero-order valence-corrected chi connectivity index (χ0v) is 11.5. The van der Waals surface area contributed by atoms with Crippen molar-refractivity contribution in [1.29, 1.82) is 0 Å². The first kappa shape index (κ1) is 14.4. The van der Waals surface area contributed by atoms with E-state index in [0.717, 1.165) is 12.0 Å². The van der Waals surface area contributed by atoms with Gasteiger partial charge in [0, 0.05) is 17.9 Å². The molecule has 1 aromatic rings. The molecule has 0 unspecified atom stereocenters. The third-order valence-corrected chi connectivity index (χ3v) is 2.97. The van der Waals surface area contributed by atoms with E-state index in [4.69, 9.17) is 32.4 Å². The van der Waals surface area contributed by atoms with Gasteiger partial charge in [0.1, 0.15) is 17.1 Å². The predicted molar refractivity (Wildman–Crippen MR) is 68.0 cm³/mol. The smallest absolute Gasteiger partial charge is 0.342 e. The summed E-state index contributed by atoms with van der Waals surface area (Å²) < 4.78 is 10.6. The minimum Gasteiger partial charge on any atom is -0.465 e. The van der Waals surface area contributed by atoms with E-state index in [0.29, 0.717) is 36.0 Å². The van der Waals surface area contributed by atoms with Crippen molar-refractivity contribution in [2.75, 3.05) is 12.5 Å². The van der Waals surface area contributed by atoms with Gasteiger partial charge in [-0.3, -0.25) is 0 Å². The third kappa shape index (κ3) is 3.39. The van der Waals surface area contributed by atoms with Crippen LogP contribution in [0.15, 0.2) is 4.42 Å². The number of alkyl halides is 2. The number of esters is 1. The number of halogens is 2. The number of carbonyl (C=O) groups is 1. The molecule has 0 aliphatic heterocycles. The average molecular weight is 279 g/mol. The van der Waals surface area contributed by atoms with Crippen LogP contribution < -0.4 is 0 Å². The fraction of sp³-hybridized carbons (Fsp3) is 0.583. The van der Waals surface area contributed by atoms with Crippen LogP contribution in [0, 0.1) is 6.92 Å². The van der Waals surface area contributed by atoms with Gasteiger partial charge < -0.3 is 9.15 Å². The third-order valence-electron chi connectivity index (χ3n) is 2.43. The van der Waals surface area contributed by atoms with Crippen LogP contribution in [0.5, 0.6) is 0 Å². The molecule has 17 heavy (non-hydrogen) atoms. The van der Waals surface area contributed by atoms with Crippen molar-refractivity contribution in [2.45, 2.75) is 32.6 Å². The average Bonchev–Trinajstić information content (AvgIpc) is 2.62. The molecule has 1 heterocycles. The Morgan fingerprint density at radius 1 is 1.41 bits per heavy atom. The lowest BCUT2D eigenvalue weighted by Gasteiger charge is -2.03. The summed E-state index contributed by atoms with van der Waals surface area (Å²) in [6, 6.07) is 0. The lowest BCUT2D eigenvalue weighted by atomic mass is 10.1. The number of hydrogen-bond acceptors (Lipinski definition) is 3. The van der Waals surface area contributed by atoms with Crippen molar-refractivity contribution in [3.63, 3.8) is 0 Å². The molecule has 1 rings (SSSR count). The fourth-order valence-electron chi connectivity index (χ4n) is 1.65. The van der Waals surface area contributed by atoms with Gasteiger partial charge in [0.05, 0.1) is 12.5 Å². The van der Waals surface area contributed by atoms with Crippen LogP contribution in [-0.4, -0.2) is 18.5 Å². The van der Waals surface area contributed by atoms with Gasteiger partial charge in [-0.25, -0.2) is 4.79 Å². The highest BCUT2D eigenvalue weighted by Crippen LogP contribution is 2.26. The molecule has 1 aromatic heterocycles. The molecule has 0 N–H and O–H groups in total. The molecule has 0 radical (unpaired) electrons. The van der Waals surface area contributed by atoms with Gasteiger partial charge in [0.25, 0.3) is 0 Å². The molecule has 0 amide bonds. The first-order chi connectivity index (χ1) is 8.15. The Balaban J connectivity index is 3.07. The molecule has 0 aromatic carbocycles. The van der Waals surface area contributed by atoms with Gasteiger partial charge in [-0.15, -0.1) is 23.2 Å². The maximum absolute atomic E-state index is 11.8. The number of ether oxygens (including phenoxy) is 1. The summed E-state index contributed by atoms with van der Waals surface area (Å²) in [6.45, 7) is 3.90. The zero-order valence-electron chi connectivity index (χ0n) is 10.0. The first-order valence-electron chi connectivity index (χ1n) is 5.55. The van der Waals surface area contributed by atoms with Crippen molar-refractivity contribution in [3.8, 4) is 0 Å². The predicted octanol–water partition coefficient (Wildman–Crippen LogP) is 3.67. The summed E-state index contributed by atoms with van der Waals surface area (Å²) in [5.74, 6) is 1.69. The summed E-state index contributed by atoms with van der Waals surface area (Å²) in [7, 11) is 0. The van der Waals surface area contributed by atoms with Gasteiger partial charge in [0.15, 0.2) is 0 Å². The summed E-state index contributed by atoms with van der Waals surface area (Å²) >= 11 is 11.5. The molecule has 0 spiro atoms. The van der Waals surface area contributed by atoms with Crippen LogP contribution >= 0.6 is 23.2 Å². The number of furan rings is 1. The second-order valence-corrected chi connectivity index (χ2v) is 4.23. The Bertz CT molecular complexity index is 385. The van der Waals surface area contributed by atoms with E-state index in [2.05, 4.69) is 0 Å². The number of rotatable bonds is 6. The van der Waals surface area contributed by atoms with E-state index in [9.17, 15) is 4.79 Å². The molecule has 0 atom stereocenters. The van der Waals surface area contributed by atoms with E-state index in [1.807, 2.05) is 0 Å². The van der Waals surface area contributed by atoms with Gasteiger partial charge in [-0.05, 0) is 20.3 Å². The standard InChI is InChI=1S/C12H16Cl2O3/c1-3-16-12(15)11-9(7-14)8(2)17-10(11)5-4-6-13/h3-7H2,1-2H3. The van der Waals surface area contributed by atoms with Crippen molar-refractivity contribution in [1.82, 2.24) is 0 Å². The molecule has 0 saturated carbocycles. The van der Waals surface area contributed by atoms with Gasteiger partial charge >= 0.3 is 5.97 Å². The highest BCUT2D eigenvalue weighted by atomic mass is 35.5. The molecule has 0 aliphatic rings. The number of aryl methyl sites for hydroxylation is 2. The quantitative estimate of drug-likeness (QED) is 0.589. The topological polar surface area (TPSA) is 39.4 Å². The molecule has 0 bridgehead atoms. The van der Waals surface area contributed by atoms with Gasteiger partial charge in [0.2, 0.25) is 0 Å². The van der Waals surface area contributed by atoms with Crippen LogP contribution in [0.3, 0.4) is 0 Å². The van der Waals surface area contributed by atoms with Crippen LogP contribution in [0.25, 0.3) is 0 Å². The largest absolute Gasteiger partial charge is 0.465 e. The maximum atomic E-state index is 11.8. The fourth-order valence-corrected chi connectivity index (χ4v) is 2.10. The second-order valence-electron chi connectivity index (χ2n) is 3.58. The summed E-state index contributed by atoms with van der Waals surface area (Å²) in [5.41, 5.74) is 1.19. The number of carbonyl (C=O) groups excluding carboxylic acids is 1. The Hall–Kier alpha value is -0.670. The lowest BCUT2D eigenvalue weighted by Crippen LogP contribution is -2.08. The van der Waals surface area contributed by atoms with Crippen LogP contribution in [0.1, 0.15) is 40.8 Å². The van der Waals surface area contributed by atoms with E-state index < -0.39 is 0 Å². The molecular formula is C12H16Cl2O3. The molecule has 0 fully saturated rings. The maximum Gasteiger partial charge on any atom is 0.342 e. The first-order valence-corrected chi connectivity index (χ1v) is 6.62. The van der Waals surface area contributed by atoms with Crippen LogP contribution in [0.4, 0.5) is 0 Å². The minimum absolute atomic E-state index is 0.240. The Morgan fingerprint density at radius 3 is 2.65 bits per heavy atom. The summed E-state index contributed by atoms with van der Waals surface area (Å²) in [5, 5.41) is 0. The highest BCUT2D eigenvalue weighted by molar-refractivity contribution is 6.18. The van der Waals surface area contributed by atoms with Gasteiger partial charge in [-0.2, -0.15) is 0 Å². The molecule has 3 nitrogen and oxygen atoms in total. The monoisotopic (exact) mass is 278 g/mol. The van der Waals surface area contributed by atoms with Crippen LogP contribution in [0.2, 0.25) is 0 Å². The van der Waals surface area contributed by atoms with E-state index >= 15 is 0 Å². The normalized spacial score (nSPS) is 10.6. The van der Waals surface area contributed by atoms with E-state index in [-0.39, 0.29) is 11.8 Å².